The van der Waals surface area contributed by atoms with Crippen LogP contribution in [0.5, 0.6) is 5.75 Å². The van der Waals surface area contributed by atoms with Gasteiger partial charge in [-0.3, -0.25) is 9.59 Å². The zero-order valence-electron chi connectivity index (χ0n) is 13.5. The second-order valence-corrected chi connectivity index (χ2v) is 5.85. The molecule has 2 amide bonds. The molecule has 0 aliphatic rings. The van der Waals surface area contributed by atoms with Crippen LogP contribution in [0.15, 0.2) is 36.4 Å². The second-order valence-electron chi connectivity index (χ2n) is 5.04. The average Bonchev–Trinajstić information content (AvgIpc) is 2.59. The van der Waals surface area contributed by atoms with Crippen molar-refractivity contribution < 1.29 is 23.9 Å². The predicted octanol–water partition coefficient (Wildman–Crippen LogP) is 2.90. The molecule has 0 fully saturated rings. The third-order valence-electron chi connectivity index (χ3n) is 3.23. The molecule has 0 saturated heterocycles. The fourth-order valence-corrected chi connectivity index (χ4v) is 2.64. The number of halogens is 2. The number of methoxy groups -OCH3 is 1. The molecule has 0 unspecified atom stereocenters. The van der Waals surface area contributed by atoms with Crippen molar-refractivity contribution in [1.29, 1.82) is 0 Å². The third kappa shape index (κ3) is 4.87. The van der Waals surface area contributed by atoms with Gasteiger partial charge < -0.3 is 20.5 Å². The highest BCUT2D eigenvalue weighted by molar-refractivity contribution is 6.37. The number of ether oxygens (including phenoxy) is 2. The summed E-state index contributed by atoms with van der Waals surface area (Å²) < 4.78 is 9.91. The monoisotopic (exact) mass is 396 g/mol. The van der Waals surface area contributed by atoms with Gasteiger partial charge in [0, 0.05) is 11.3 Å². The Morgan fingerprint density at radius 3 is 2.12 bits per heavy atom. The summed E-state index contributed by atoms with van der Waals surface area (Å²) in [5.74, 6) is -1.66. The number of primary amides is 1. The number of hydrogen-bond donors (Lipinski definition) is 2. The lowest BCUT2D eigenvalue weighted by Gasteiger charge is -2.09. The van der Waals surface area contributed by atoms with Gasteiger partial charge in [0.05, 0.1) is 22.7 Å². The molecule has 0 aromatic heterocycles. The first-order valence-corrected chi connectivity index (χ1v) is 7.97. The standard InChI is InChI=1S/C17H14Cl2N2O5/c1-25-15-12(18)6-10(7-13(15)19)17(24)26-8-14(22)21-11-4-2-9(3-5-11)16(20)23/h2-7H,8H2,1H3,(H2,20,23)(H,21,22). The summed E-state index contributed by atoms with van der Waals surface area (Å²) in [5, 5.41) is 2.80. The van der Waals surface area contributed by atoms with Crippen LogP contribution in [-0.4, -0.2) is 31.5 Å². The number of carbonyl (C=O) groups excluding carboxylic acids is 3. The zero-order chi connectivity index (χ0) is 19.3. The Balaban J connectivity index is 1.94. The van der Waals surface area contributed by atoms with Gasteiger partial charge in [-0.05, 0) is 36.4 Å². The van der Waals surface area contributed by atoms with Gasteiger partial charge >= 0.3 is 5.97 Å². The van der Waals surface area contributed by atoms with Crippen molar-refractivity contribution in [1.82, 2.24) is 0 Å². The van der Waals surface area contributed by atoms with Crippen LogP contribution < -0.4 is 15.8 Å². The van der Waals surface area contributed by atoms with Crippen molar-refractivity contribution in [2.24, 2.45) is 5.73 Å². The summed E-state index contributed by atoms with van der Waals surface area (Å²) in [6.45, 7) is -0.516. The number of anilines is 1. The molecule has 26 heavy (non-hydrogen) atoms. The Labute approximate surface area is 159 Å². The molecule has 2 aromatic rings. The van der Waals surface area contributed by atoms with Gasteiger partial charge in [0.2, 0.25) is 5.91 Å². The van der Waals surface area contributed by atoms with Gasteiger partial charge in [0.15, 0.2) is 12.4 Å². The highest BCUT2D eigenvalue weighted by atomic mass is 35.5. The Morgan fingerprint density at radius 1 is 1.04 bits per heavy atom. The summed E-state index contributed by atoms with van der Waals surface area (Å²) in [7, 11) is 1.39. The number of amides is 2. The van der Waals surface area contributed by atoms with Crippen LogP contribution in [0.25, 0.3) is 0 Å². The Morgan fingerprint density at radius 2 is 1.62 bits per heavy atom. The van der Waals surface area contributed by atoms with Crippen LogP contribution in [0, 0.1) is 0 Å². The minimum atomic E-state index is -0.768. The Bertz CT molecular complexity index is 830. The van der Waals surface area contributed by atoms with Crippen molar-refractivity contribution >= 4 is 46.7 Å². The summed E-state index contributed by atoms with van der Waals surface area (Å²) >= 11 is 11.9. The van der Waals surface area contributed by atoms with E-state index in [1.165, 1.54) is 43.5 Å². The first-order valence-electron chi connectivity index (χ1n) is 7.21. The highest BCUT2D eigenvalue weighted by Gasteiger charge is 2.16. The van der Waals surface area contributed by atoms with E-state index in [0.717, 1.165) is 0 Å². The van der Waals surface area contributed by atoms with E-state index in [2.05, 4.69) is 5.32 Å². The lowest BCUT2D eigenvalue weighted by Crippen LogP contribution is -2.21. The van der Waals surface area contributed by atoms with Crippen molar-refractivity contribution in [2.45, 2.75) is 0 Å². The smallest absolute Gasteiger partial charge is 0.338 e. The maximum absolute atomic E-state index is 12.0. The van der Waals surface area contributed by atoms with Crippen molar-refractivity contribution in [2.75, 3.05) is 19.0 Å². The summed E-state index contributed by atoms with van der Waals surface area (Å²) in [6, 6.07) is 8.59. The van der Waals surface area contributed by atoms with Crippen molar-refractivity contribution in [3.05, 3.63) is 57.6 Å². The van der Waals surface area contributed by atoms with E-state index in [-0.39, 0.29) is 21.4 Å². The van der Waals surface area contributed by atoms with E-state index in [4.69, 9.17) is 38.4 Å². The quantitative estimate of drug-likeness (QED) is 0.729. The van der Waals surface area contributed by atoms with Crippen LogP contribution in [0.3, 0.4) is 0 Å². The first-order chi connectivity index (χ1) is 12.3. The summed E-state index contributed by atoms with van der Waals surface area (Å²) in [5.41, 5.74) is 5.94. The minimum Gasteiger partial charge on any atom is -0.494 e. The Hall–Kier alpha value is -2.77. The van der Waals surface area contributed by atoms with Crippen LogP contribution in [0.4, 0.5) is 5.69 Å². The molecule has 0 saturated carbocycles. The lowest BCUT2D eigenvalue weighted by molar-refractivity contribution is -0.119. The molecule has 0 heterocycles. The zero-order valence-corrected chi connectivity index (χ0v) is 15.1. The molecule has 2 aromatic carbocycles. The van der Waals surface area contributed by atoms with Gasteiger partial charge in [-0.15, -0.1) is 0 Å². The molecule has 0 spiro atoms. The number of nitrogens with two attached hydrogens (primary N) is 1. The fourth-order valence-electron chi connectivity index (χ4n) is 2.00. The highest BCUT2D eigenvalue weighted by Crippen LogP contribution is 2.33. The molecule has 0 aliphatic carbocycles. The molecule has 3 N–H and O–H groups in total. The van der Waals surface area contributed by atoms with Crippen molar-refractivity contribution in [3.8, 4) is 5.75 Å². The van der Waals surface area contributed by atoms with Gasteiger partial charge in [0.1, 0.15) is 0 Å². The van der Waals surface area contributed by atoms with E-state index in [9.17, 15) is 14.4 Å². The normalized spacial score (nSPS) is 10.1. The lowest BCUT2D eigenvalue weighted by atomic mass is 10.2. The van der Waals surface area contributed by atoms with E-state index in [0.29, 0.717) is 11.3 Å². The van der Waals surface area contributed by atoms with E-state index in [1.807, 2.05) is 0 Å². The molecule has 0 atom stereocenters. The first kappa shape index (κ1) is 19.6. The van der Waals surface area contributed by atoms with Crippen LogP contribution in [0.2, 0.25) is 10.0 Å². The van der Waals surface area contributed by atoms with Gasteiger partial charge in [-0.2, -0.15) is 0 Å². The van der Waals surface area contributed by atoms with Crippen LogP contribution in [0.1, 0.15) is 20.7 Å². The van der Waals surface area contributed by atoms with Gasteiger partial charge in [-0.1, -0.05) is 23.2 Å². The number of nitrogens with one attached hydrogen (secondary N) is 1. The largest absolute Gasteiger partial charge is 0.494 e. The average molecular weight is 397 g/mol. The molecular weight excluding hydrogens is 383 g/mol. The number of rotatable bonds is 6. The van der Waals surface area contributed by atoms with Crippen LogP contribution >= 0.6 is 23.2 Å². The molecular formula is C17H14Cl2N2O5. The summed E-state index contributed by atoms with van der Waals surface area (Å²) in [6.07, 6.45) is 0. The SMILES string of the molecule is COc1c(Cl)cc(C(=O)OCC(=O)Nc2ccc(C(N)=O)cc2)cc1Cl. The maximum atomic E-state index is 12.0. The maximum Gasteiger partial charge on any atom is 0.338 e. The number of hydrogen-bond acceptors (Lipinski definition) is 5. The second kappa shape index (κ2) is 8.55. The molecule has 0 aliphatic heterocycles. The van der Waals surface area contributed by atoms with Crippen LogP contribution in [-0.2, 0) is 9.53 Å². The third-order valence-corrected chi connectivity index (χ3v) is 3.79. The molecule has 0 radical (unpaired) electrons. The number of benzene rings is 2. The van der Waals surface area contributed by atoms with E-state index >= 15 is 0 Å². The van der Waals surface area contributed by atoms with Gasteiger partial charge in [-0.25, -0.2) is 4.79 Å². The Kier molecular flexibility index (Phi) is 6.43. The molecule has 9 heteroatoms. The molecule has 136 valence electrons. The van der Waals surface area contributed by atoms with E-state index in [1.54, 1.807) is 0 Å². The molecule has 7 nitrogen and oxygen atoms in total. The molecule has 2 rings (SSSR count). The number of carbonyl (C=O) groups is 3. The summed E-state index contributed by atoms with van der Waals surface area (Å²) in [4.78, 5) is 34.8. The number of esters is 1. The van der Waals surface area contributed by atoms with E-state index < -0.39 is 24.4 Å². The molecule has 0 bridgehead atoms. The predicted molar refractivity (Wildman–Crippen MR) is 96.9 cm³/mol. The van der Waals surface area contributed by atoms with Gasteiger partial charge in [0.25, 0.3) is 5.91 Å². The fraction of sp³-hybridized carbons (Fsp3) is 0.118. The van der Waals surface area contributed by atoms with Crippen molar-refractivity contribution in [3.63, 3.8) is 0 Å². The minimum absolute atomic E-state index is 0.0828. The topological polar surface area (TPSA) is 108 Å².